The Labute approximate surface area is 101 Å². The molecule has 0 aliphatic heterocycles. The Morgan fingerprint density at radius 1 is 1.65 bits per heavy atom. The summed E-state index contributed by atoms with van der Waals surface area (Å²) in [6.45, 7) is 2.64. The second-order valence-electron chi connectivity index (χ2n) is 4.30. The van der Waals surface area contributed by atoms with Crippen LogP contribution in [0.4, 0.5) is 0 Å². The summed E-state index contributed by atoms with van der Waals surface area (Å²) in [5, 5.41) is 9.60. The molecule has 1 aliphatic rings. The number of nitrogens with zero attached hydrogens (tertiary/aromatic N) is 2. The summed E-state index contributed by atoms with van der Waals surface area (Å²) < 4.78 is 27.7. The van der Waals surface area contributed by atoms with Gasteiger partial charge in [0, 0.05) is 19.3 Å². The molecule has 0 aromatic carbocycles. The van der Waals surface area contributed by atoms with Crippen LogP contribution in [0.3, 0.4) is 0 Å². The number of aliphatic hydroxyl groups excluding tert-OH is 1. The van der Waals surface area contributed by atoms with E-state index in [4.69, 9.17) is 0 Å². The molecule has 1 unspecified atom stereocenters. The van der Waals surface area contributed by atoms with Gasteiger partial charge in [-0.1, -0.05) is 0 Å². The first-order chi connectivity index (χ1) is 8.03. The number of aliphatic hydroxyl groups is 1. The minimum Gasteiger partial charge on any atom is -0.391 e. The Bertz CT molecular complexity index is 479. The lowest BCUT2D eigenvalue weighted by Crippen LogP contribution is -2.33. The predicted octanol–water partition coefficient (Wildman–Crippen LogP) is -0.0478. The third-order valence-electron chi connectivity index (χ3n) is 2.90. The zero-order valence-corrected chi connectivity index (χ0v) is 10.5. The van der Waals surface area contributed by atoms with Gasteiger partial charge in [-0.25, -0.2) is 18.1 Å². The summed E-state index contributed by atoms with van der Waals surface area (Å²) in [5.41, 5.74) is 0. The van der Waals surface area contributed by atoms with Gasteiger partial charge in [0.15, 0.2) is 5.03 Å². The van der Waals surface area contributed by atoms with Crippen LogP contribution in [0.2, 0.25) is 0 Å². The summed E-state index contributed by atoms with van der Waals surface area (Å²) in [6, 6.07) is 0. The lowest BCUT2D eigenvalue weighted by atomic mass is 10.2. The molecule has 0 radical (unpaired) electrons. The van der Waals surface area contributed by atoms with E-state index in [-0.39, 0.29) is 17.5 Å². The van der Waals surface area contributed by atoms with Crippen molar-refractivity contribution in [1.82, 2.24) is 14.3 Å². The van der Waals surface area contributed by atoms with Crippen LogP contribution in [0.1, 0.15) is 19.8 Å². The summed E-state index contributed by atoms with van der Waals surface area (Å²) in [7, 11) is -3.59. The van der Waals surface area contributed by atoms with Crippen molar-refractivity contribution in [2.75, 3.05) is 6.54 Å². The predicted molar refractivity (Wildman–Crippen MR) is 61.8 cm³/mol. The Morgan fingerprint density at radius 3 is 2.88 bits per heavy atom. The minimum atomic E-state index is -3.59. The first-order valence-corrected chi connectivity index (χ1v) is 7.20. The molecule has 1 aliphatic carbocycles. The van der Waals surface area contributed by atoms with Gasteiger partial charge < -0.3 is 9.67 Å². The van der Waals surface area contributed by atoms with E-state index in [1.165, 1.54) is 12.5 Å². The molecule has 7 heteroatoms. The second-order valence-corrected chi connectivity index (χ2v) is 6.01. The molecule has 6 nitrogen and oxygen atoms in total. The number of hydrogen-bond donors (Lipinski definition) is 2. The van der Waals surface area contributed by atoms with Crippen molar-refractivity contribution in [1.29, 1.82) is 0 Å². The summed E-state index contributed by atoms with van der Waals surface area (Å²) in [5.74, 6) is 0.255. The van der Waals surface area contributed by atoms with Crippen LogP contribution in [-0.4, -0.2) is 35.7 Å². The SMILES string of the molecule is CCn1cnc(S(=O)(=O)NCC(O)C2CC2)c1. The number of rotatable bonds is 6. The van der Waals surface area contributed by atoms with Gasteiger partial charge in [0.25, 0.3) is 10.0 Å². The molecule has 1 fully saturated rings. The number of aryl methyl sites for hydroxylation is 1. The number of sulfonamides is 1. The fourth-order valence-corrected chi connectivity index (χ4v) is 2.57. The molecule has 1 atom stereocenters. The first-order valence-electron chi connectivity index (χ1n) is 5.72. The number of aromatic nitrogens is 2. The fraction of sp³-hybridized carbons (Fsp3) is 0.700. The molecule has 0 bridgehead atoms. The van der Waals surface area contributed by atoms with Gasteiger partial charge in [0.2, 0.25) is 0 Å². The minimum absolute atomic E-state index is 0.00217. The van der Waals surface area contributed by atoms with E-state index in [1.807, 2.05) is 6.92 Å². The van der Waals surface area contributed by atoms with Gasteiger partial charge in [-0.2, -0.15) is 0 Å². The zero-order valence-electron chi connectivity index (χ0n) is 9.70. The third-order valence-corrected chi connectivity index (χ3v) is 4.21. The molecular formula is C10H17N3O3S. The van der Waals surface area contributed by atoms with Crippen molar-refractivity contribution < 1.29 is 13.5 Å². The molecule has 17 heavy (non-hydrogen) atoms. The standard InChI is InChI=1S/C10H17N3O3S/c1-2-13-6-10(11-7-13)17(15,16)12-5-9(14)8-3-4-8/h6-9,12,14H,2-5H2,1H3. The van der Waals surface area contributed by atoms with Gasteiger partial charge >= 0.3 is 0 Å². The summed E-state index contributed by atoms with van der Waals surface area (Å²) in [6.07, 6.45) is 4.33. The van der Waals surface area contributed by atoms with E-state index in [2.05, 4.69) is 9.71 Å². The monoisotopic (exact) mass is 259 g/mol. The third kappa shape index (κ3) is 3.05. The van der Waals surface area contributed by atoms with E-state index < -0.39 is 16.1 Å². The fourth-order valence-electron chi connectivity index (χ4n) is 1.57. The van der Waals surface area contributed by atoms with Crippen LogP contribution in [0.5, 0.6) is 0 Å². The van der Waals surface area contributed by atoms with E-state index in [0.29, 0.717) is 6.54 Å². The largest absolute Gasteiger partial charge is 0.391 e. The van der Waals surface area contributed by atoms with E-state index in [9.17, 15) is 13.5 Å². The number of imidazole rings is 1. The average molecular weight is 259 g/mol. The highest BCUT2D eigenvalue weighted by Gasteiger charge is 2.30. The molecule has 1 heterocycles. The molecule has 96 valence electrons. The Kier molecular flexibility index (Phi) is 3.50. The maximum Gasteiger partial charge on any atom is 0.259 e. The molecule has 1 aromatic heterocycles. The summed E-state index contributed by atoms with van der Waals surface area (Å²) >= 11 is 0. The van der Waals surface area contributed by atoms with Crippen LogP contribution in [0, 0.1) is 5.92 Å². The molecule has 0 amide bonds. The molecule has 1 saturated carbocycles. The van der Waals surface area contributed by atoms with Gasteiger partial charge in [-0.3, -0.25) is 0 Å². The first kappa shape index (κ1) is 12.5. The molecule has 2 N–H and O–H groups in total. The molecular weight excluding hydrogens is 242 g/mol. The molecule has 0 spiro atoms. The van der Waals surface area contributed by atoms with Crippen LogP contribution in [0.25, 0.3) is 0 Å². The van der Waals surface area contributed by atoms with Gasteiger partial charge in [0.05, 0.1) is 12.4 Å². The van der Waals surface area contributed by atoms with Crippen molar-refractivity contribution in [3.05, 3.63) is 12.5 Å². The molecule has 0 saturated heterocycles. The van der Waals surface area contributed by atoms with Crippen molar-refractivity contribution in [2.45, 2.75) is 37.4 Å². The molecule has 2 rings (SSSR count). The number of hydrogen-bond acceptors (Lipinski definition) is 4. The highest BCUT2D eigenvalue weighted by atomic mass is 32.2. The highest BCUT2D eigenvalue weighted by Crippen LogP contribution is 2.32. The van der Waals surface area contributed by atoms with Crippen molar-refractivity contribution in [3.8, 4) is 0 Å². The summed E-state index contributed by atoms with van der Waals surface area (Å²) in [4.78, 5) is 3.83. The Morgan fingerprint density at radius 2 is 2.35 bits per heavy atom. The second kappa shape index (κ2) is 4.75. The quantitative estimate of drug-likeness (QED) is 0.750. The number of nitrogens with one attached hydrogen (secondary N) is 1. The van der Waals surface area contributed by atoms with Crippen LogP contribution in [0.15, 0.2) is 17.6 Å². The van der Waals surface area contributed by atoms with Gasteiger partial charge in [0.1, 0.15) is 0 Å². The van der Waals surface area contributed by atoms with E-state index >= 15 is 0 Å². The van der Waals surface area contributed by atoms with Crippen molar-refractivity contribution in [2.24, 2.45) is 5.92 Å². The maximum absolute atomic E-state index is 11.8. The smallest absolute Gasteiger partial charge is 0.259 e. The van der Waals surface area contributed by atoms with E-state index in [0.717, 1.165) is 12.8 Å². The van der Waals surface area contributed by atoms with Gasteiger partial charge in [-0.05, 0) is 25.7 Å². The normalized spacial score (nSPS) is 18.2. The Balaban J connectivity index is 1.97. The van der Waals surface area contributed by atoms with Crippen molar-refractivity contribution >= 4 is 10.0 Å². The molecule has 1 aromatic rings. The van der Waals surface area contributed by atoms with E-state index in [1.54, 1.807) is 4.57 Å². The Hall–Kier alpha value is -0.920. The lowest BCUT2D eigenvalue weighted by Gasteiger charge is -2.09. The van der Waals surface area contributed by atoms with Gasteiger partial charge in [-0.15, -0.1) is 0 Å². The maximum atomic E-state index is 11.8. The van der Waals surface area contributed by atoms with Crippen LogP contribution >= 0.6 is 0 Å². The zero-order chi connectivity index (χ0) is 12.5. The lowest BCUT2D eigenvalue weighted by molar-refractivity contribution is 0.155. The van der Waals surface area contributed by atoms with Crippen molar-refractivity contribution in [3.63, 3.8) is 0 Å². The average Bonchev–Trinajstić information content (AvgIpc) is 3.03. The van der Waals surface area contributed by atoms with Crippen LogP contribution < -0.4 is 4.72 Å². The van der Waals surface area contributed by atoms with Crippen LogP contribution in [-0.2, 0) is 16.6 Å². The topological polar surface area (TPSA) is 84.2 Å². The highest BCUT2D eigenvalue weighted by molar-refractivity contribution is 7.89.